The predicted molar refractivity (Wildman–Crippen MR) is 127 cm³/mol. The Balaban J connectivity index is 1.77. The van der Waals surface area contributed by atoms with Crippen LogP contribution in [0, 0.1) is 0 Å². The van der Waals surface area contributed by atoms with Gasteiger partial charge >= 0.3 is 0 Å². The minimum Gasteiger partial charge on any atom is -0.504 e. The van der Waals surface area contributed by atoms with Crippen LogP contribution in [0.5, 0.6) is 28.7 Å². The molecule has 0 heterocycles. The van der Waals surface area contributed by atoms with E-state index >= 15 is 0 Å². The molecular weight excluding hydrogens is 446 g/mol. The van der Waals surface area contributed by atoms with Gasteiger partial charge in [-0.05, 0) is 47.5 Å². The van der Waals surface area contributed by atoms with E-state index in [9.17, 15) is 13.5 Å². The number of nitrogens with one attached hydrogen (secondary N) is 1. The van der Waals surface area contributed by atoms with Gasteiger partial charge in [0, 0.05) is 11.8 Å². The van der Waals surface area contributed by atoms with Crippen LogP contribution in [0.1, 0.15) is 11.1 Å². The van der Waals surface area contributed by atoms with Gasteiger partial charge in [-0.2, -0.15) is 0 Å². The Morgan fingerprint density at radius 3 is 1.82 bits per heavy atom. The molecule has 2 N–H and O–H groups in total. The van der Waals surface area contributed by atoms with Crippen molar-refractivity contribution in [1.82, 2.24) is 0 Å². The first-order valence-corrected chi connectivity index (χ1v) is 11.3. The molecule has 3 aromatic carbocycles. The number of phenols is 1. The highest BCUT2D eigenvalue weighted by Gasteiger charge is 2.16. The maximum absolute atomic E-state index is 12.6. The third-order valence-corrected chi connectivity index (χ3v) is 6.16. The molecule has 0 radical (unpaired) electrons. The molecule has 0 spiro atoms. The molecule has 174 valence electrons. The van der Waals surface area contributed by atoms with Crippen LogP contribution >= 0.6 is 0 Å². The maximum Gasteiger partial charge on any atom is 0.262 e. The van der Waals surface area contributed by atoms with Crippen molar-refractivity contribution in [1.29, 1.82) is 0 Å². The monoisotopic (exact) mass is 471 g/mol. The highest BCUT2D eigenvalue weighted by Crippen LogP contribution is 2.38. The van der Waals surface area contributed by atoms with Gasteiger partial charge < -0.3 is 24.1 Å². The van der Waals surface area contributed by atoms with E-state index in [0.29, 0.717) is 22.9 Å². The number of hydrogen-bond acceptors (Lipinski definition) is 7. The Hall–Kier alpha value is -3.85. The molecular formula is C24H25NO7S. The molecule has 8 nitrogen and oxygen atoms in total. The van der Waals surface area contributed by atoms with Gasteiger partial charge in [0.25, 0.3) is 10.0 Å². The minimum atomic E-state index is -3.87. The Labute approximate surface area is 193 Å². The number of ether oxygens (including phenoxy) is 4. The number of rotatable bonds is 9. The van der Waals surface area contributed by atoms with Gasteiger partial charge in [-0.3, -0.25) is 4.72 Å². The summed E-state index contributed by atoms with van der Waals surface area (Å²) in [6.07, 6.45) is 3.75. The molecule has 0 unspecified atom stereocenters. The van der Waals surface area contributed by atoms with Crippen molar-refractivity contribution in [3.8, 4) is 28.7 Å². The largest absolute Gasteiger partial charge is 0.504 e. The zero-order chi connectivity index (χ0) is 24.0. The van der Waals surface area contributed by atoms with E-state index in [1.807, 2.05) is 24.3 Å². The number of aromatic hydroxyl groups is 1. The van der Waals surface area contributed by atoms with E-state index in [1.54, 1.807) is 45.6 Å². The van der Waals surface area contributed by atoms with Gasteiger partial charge in [-0.1, -0.05) is 24.3 Å². The average molecular weight is 472 g/mol. The number of methoxy groups -OCH3 is 4. The van der Waals surface area contributed by atoms with Crippen LogP contribution in [0.15, 0.2) is 59.5 Å². The highest BCUT2D eigenvalue weighted by atomic mass is 32.2. The Morgan fingerprint density at radius 1 is 0.727 bits per heavy atom. The van der Waals surface area contributed by atoms with Crippen molar-refractivity contribution in [2.24, 2.45) is 0 Å². The number of sulfonamides is 1. The van der Waals surface area contributed by atoms with Crippen molar-refractivity contribution in [2.75, 3.05) is 33.2 Å². The van der Waals surface area contributed by atoms with E-state index in [-0.39, 0.29) is 16.4 Å². The predicted octanol–water partition coefficient (Wildman–Crippen LogP) is 4.40. The van der Waals surface area contributed by atoms with Gasteiger partial charge in [0.15, 0.2) is 23.0 Å². The molecule has 0 aliphatic carbocycles. The number of phenolic OH excluding ortho intramolecular Hbond substituents is 1. The zero-order valence-electron chi connectivity index (χ0n) is 18.7. The lowest BCUT2D eigenvalue weighted by Crippen LogP contribution is -2.12. The zero-order valence-corrected chi connectivity index (χ0v) is 19.5. The molecule has 9 heteroatoms. The van der Waals surface area contributed by atoms with Crippen LogP contribution in [-0.2, 0) is 10.0 Å². The summed E-state index contributed by atoms with van der Waals surface area (Å²) in [4.78, 5) is -0.0767. The van der Waals surface area contributed by atoms with Crippen molar-refractivity contribution >= 4 is 27.9 Å². The van der Waals surface area contributed by atoms with Gasteiger partial charge in [-0.15, -0.1) is 0 Å². The molecule has 0 amide bonds. The quantitative estimate of drug-likeness (QED) is 0.446. The third-order valence-electron chi connectivity index (χ3n) is 4.78. The molecule has 0 atom stereocenters. The second kappa shape index (κ2) is 10.2. The van der Waals surface area contributed by atoms with E-state index < -0.39 is 10.0 Å². The van der Waals surface area contributed by atoms with E-state index in [2.05, 4.69) is 4.72 Å². The first kappa shape index (κ1) is 23.8. The van der Waals surface area contributed by atoms with E-state index in [4.69, 9.17) is 18.9 Å². The fourth-order valence-corrected chi connectivity index (χ4v) is 4.18. The average Bonchev–Trinajstić information content (AvgIpc) is 2.82. The summed E-state index contributed by atoms with van der Waals surface area (Å²) in [5.74, 6) is 1.54. The maximum atomic E-state index is 12.6. The van der Waals surface area contributed by atoms with Crippen LogP contribution in [-0.4, -0.2) is 42.0 Å². The van der Waals surface area contributed by atoms with Crippen molar-refractivity contribution in [3.63, 3.8) is 0 Å². The summed E-state index contributed by atoms with van der Waals surface area (Å²) in [5.41, 5.74) is 2.08. The fraction of sp³-hybridized carbons (Fsp3) is 0.167. The molecule has 0 fully saturated rings. The topological polar surface area (TPSA) is 103 Å². The van der Waals surface area contributed by atoms with E-state index in [1.165, 1.54) is 19.2 Å². The Kier molecular flexibility index (Phi) is 7.34. The van der Waals surface area contributed by atoms with Crippen LogP contribution < -0.4 is 23.7 Å². The van der Waals surface area contributed by atoms with Crippen molar-refractivity contribution in [2.45, 2.75) is 4.90 Å². The highest BCUT2D eigenvalue weighted by molar-refractivity contribution is 7.92. The molecule has 0 saturated heterocycles. The molecule has 0 aliphatic heterocycles. The van der Waals surface area contributed by atoms with Gasteiger partial charge in [0.2, 0.25) is 5.75 Å². The summed E-state index contributed by atoms with van der Waals surface area (Å²) in [6.45, 7) is 0. The van der Waals surface area contributed by atoms with Crippen LogP contribution in [0.2, 0.25) is 0 Å². The van der Waals surface area contributed by atoms with Crippen LogP contribution in [0.4, 0.5) is 5.69 Å². The Bertz CT molecular complexity index is 1230. The second-order valence-corrected chi connectivity index (χ2v) is 8.54. The molecule has 33 heavy (non-hydrogen) atoms. The summed E-state index contributed by atoms with van der Waals surface area (Å²) in [5, 5.41) is 9.86. The molecule has 0 aromatic heterocycles. The number of benzene rings is 3. The molecule has 3 aromatic rings. The lowest BCUT2D eigenvalue weighted by atomic mass is 10.1. The first-order valence-electron chi connectivity index (χ1n) is 9.79. The van der Waals surface area contributed by atoms with Crippen molar-refractivity contribution < 1.29 is 32.5 Å². The van der Waals surface area contributed by atoms with Crippen LogP contribution in [0.3, 0.4) is 0 Å². The smallest absolute Gasteiger partial charge is 0.262 e. The summed E-state index contributed by atoms with van der Waals surface area (Å²) in [6, 6.07) is 14.4. The molecule has 0 bridgehead atoms. The summed E-state index contributed by atoms with van der Waals surface area (Å²) < 4.78 is 48.7. The minimum absolute atomic E-state index is 0.0767. The molecule has 0 saturated carbocycles. The second-order valence-electron chi connectivity index (χ2n) is 6.85. The first-order chi connectivity index (χ1) is 15.8. The fourth-order valence-electron chi connectivity index (χ4n) is 3.10. The van der Waals surface area contributed by atoms with Crippen LogP contribution in [0.25, 0.3) is 12.2 Å². The van der Waals surface area contributed by atoms with Gasteiger partial charge in [0.1, 0.15) is 0 Å². The molecule has 0 aliphatic rings. The standard InChI is InChI=1S/C24H25NO7S/c1-29-21-12-11-19(15-20(21)26)33(27,28)25-18-9-7-16(8-10-18)5-6-17-13-22(30-2)24(32-4)23(14-17)31-3/h5-15,25-26H,1-4H3/b6-5-. The normalized spacial score (nSPS) is 11.3. The summed E-state index contributed by atoms with van der Waals surface area (Å²) >= 11 is 0. The Morgan fingerprint density at radius 2 is 1.30 bits per heavy atom. The van der Waals surface area contributed by atoms with E-state index in [0.717, 1.165) is 17.2 Å². The van der Waals surface area contributed by atoms with Gasteiger partial charge in [0.05, 0.1) is 33.3 Å². The van der Waals surface area contributed by atoms with Gasteiger partial charge in [-0.25, -0.2) is 8.42 Å². The third kappa shape index (κ3) is 5.50. The molecule has 3 rings (SSSR count). The summed E-state index contributed by atoms with van der Waals surface area (Å²) in [7, 11) is 2.17. The number of hydrogen-bond donors (Lipinski definition) is 2. The number of anilines is 1. The van der Waals surface area contributed by atoms with Crippen molar-refractivity contribution in [3.05, 3.63) is 65.7 Å². The lowest BCUT2D eigenvalue weighted by Gasteiger charge is -2.12. The lowest BCUT2D eigenvalue weighted by molar-refractivity contribution is 0.324. The SMILES string of the molecule is COc1ccc(S(=O)(=O)Nc2ccc(/C=C\c3cc(OC)c(OC)c(OC)c3)cc2)cc1O.